The summed E-state index contributed by atoms with van der Waals surface area (Å²) in [5.41, 5.74) is 0. The van der Waals surface area contributed by atoms with Crippen molar-refractivity contribution in [3.63, 3.8) is 0 Å². The topological polar surface area (TPSA) is 46.2 Å². The minimum absolute atomic E-state index is 0.146. The molecule has 3 nitrogen and oxygen atoms in total. The Balaban J connectivity index is 2.71. The van der Waals surface area contributed by atoms with Crippen LogP contribution in [0.2, 0.25) is 0 Å². The molecule has 1 N–H and O–H groups in total. The normalized spacial score (nSPS) is 25.2. The molecule has 0 aromatic carbocycles. The van der Waals surface area contributed by atoms with Gasteiger partial charge < -0.3 is 5.32 Å². The van der Waals surface area contributed by atoms with Crippen LogP contribution in [0, 0.1) is 5.92 Å². The van der Waals surface area contributed by atoms with Gasteiger partial charge >= 0.3 is 0 Å². The molecule has 0 aliphatic carbocycles. The van der Waals surface area contributed by atoms with E-state index in [0.29, 0.717) is 11.7 Å². The Morgan fingerprint density at radius 1 is 1.20 bits per heavy atom. The Morgan fingerprint density at radius 2 is 1.95 bits per heavy atom. The molecule has 1 saturated heterocycles. The van der Waals surface area contributed by atoms with Crippen LogP contribution in [0.1, 0.15) is 72.1 Å². The Labute approximate surface area is 125 Å². The van der Waals surface area contributed by atoms with Gasteiger partial charge in [0, 0.05) is 6.04 Å². The summed E-state index contributed by atoms with van der Waals surface area (Å²) < 4.78 is 24.7. The Hall–Kier alpha value is -0.0900. The molecule has 0 bridgehead atoms. The van der Waals surface area contributed by atoms with Gasteiger partial charge in [-0.2, -0.15) is 0 Å². The SMILES string of the molecule is CCCCC(CC)CC(NCC)C1CCCCS1(=O)=O. The molecule has 1 aliphatic heterocycles. The molecular weight excluding hydrogens is 270 g/mol. The number of unbranched alkanes of at least 4 members (excludes halogenated alkanes) is 1. The van der Waals surface area contributed by atoms with Crippen LogP contribution in [0.5, 0.6) is 0 Å². The maximum absolute atomic E-state index is 12.3. The van der Waals surface area contributed by atoms with E-state index in [9.17, 15) is 8.42 Å². The van der Waals surface area contributed by atoms with E-state index in [-0.39, 0.29) is 11.3 Å². The van der Waals surface area contributed by atoms with Crippen LogP contribution in [-0.2, 0) is 9.84 Å². The maximum Gasteiger partial charge on any atom is 0.154 e. The number of hydrogen-bond acceptors (Lipinski definition) is 3. The molecule has 1 heterocycles. The smallest absolute Gasteiger partial charge is 0.154 e. The van der Waals surface area contributed by atoms with E-state index in [0.717, 1.165) is 38.6 Å². The summed E-state index contributed by atoms with van der Waals surface area (Å²) in [6, 6.07) is 0.159. The second kappa shape index (κ2) is 9.04. The zero-order valence-corrected chi connectivity index (χ0v) is 14.3. The van der Waals surface area contributed by atoms with E-state index in [1.54, 1.807) is 0 Å². The molecule has 0 aromatic rings. The lowest BCUT2D eigenvalue weighted by atomic mass is 9.89. The highest BCUT2D eigenvalue weighted by atomic mass is 32.2. The maximum atomic E-state index is 12.3. The van der Waals surface area contributed by atoms with Gasteiger partial charge in [0.25, 0.3) is 0 Å². The van der Waals surface area contributed by atoms with Crippen LogP contribution in [-0.4, -0.2) is 32.0 Å². The molecule has 0 radical (unpaired) electrons. The fraction of sp³-hybridized carbons (Fsp3) is 1.00. The first-order chi connectivity index (χ1) is 9.55. The Morgan fingerprint density at radius 3 is 2.50 bits per heavy atom. The molecule has 4 heteroatoms. The average molecular weight is 304 g/mol. The van der Waals surface area contributed by atoms with E-state index in [1.807, 2.05) is 0 Å². The van der Waals surface area contributed by atoms with Crippen molar-refractivity contribution >= 4 is 9.84 Å². The van der Waals surface area contributed by atoms with Crippen LogP contribution < -0.4 is 5.32 Å². The van der Waals surface area contributed by atoms with E-state index >= 15 is 0 Å². The molecule has 1 aliphatic rings. The fourth-order valence-electron chi connectivity index (χ4n) is 3.40. The van der Waals surface area contributed by atoms with Gasteiger partial charge in [0.05, 0.1) is 11.0 Å². The van der Waals surface area contributed by atoms with E-state index < -0.39 is 9.84 Å². The first-order valence-electron chi connectivity index (χ1n) is 8.50. The Kier molecular flexibility index (Phi) is 8.11. The molecule has 0 amide bonds. The molecule has 20 heavy (non-hydrogen) atoms. The lowest BCUT2D eigenvalue weighted by Gasteiger charge is -2.33. The monoisotopic (exact) mass is 303 g/mol. The van der Waals surface area contributed by atoms with Gasteiger partial charge in [-0.15, -0.1) is 0 Å². The predicted octanol–water partition coefficient (Wildman–Crippen LogP) is 3.54. The van der Waals surface area contributed by atoms with Gasteiger partial charge in [-0.1, -0.05) is 52.9 Å². The van der Waals surface area contributed by atoms with Crippen LogP contribution >= 0.6 is 0 Å². The van der Waals surface area contributed by atoms with Crippen LogP contribution in [0.15, 0.2) is 0 Å². The van der Waals surface area contributed by atoms with Gasteiger partial charge in [-0.25, -0.2) is 8.42 Å². The van der Waals surface area contributed by atoms with Gasteiger partial charge in [-0.05, 0) is 31.7 Å². The molecule has 3 atom stereocenters. The summed E-state index contributed by atoms with van der Waals surface area (Å²) >= 11 is 0. The highest BCUT2D eigenvalue weighted by Crippen LogP contribution is 2.28. The predicted molar refractivity (Wildman–Crippen MR) is 86.8 cm³/mol. The third-order valence-corrected chi connectivity index (χ3v) is 7.02. The zero-order valence-electron chi connectivity index (χ0n) is 13.5. The molecule has 0 saturated carbocycles. The quantitative estimate of drug-likeness (QED) is 0.708. The number of sulfone groups is 1. The summed E-state index contributed by atoms with van der Waals surface area (Å²) in [6.45, 7) is 7.40. The van der Waals surface area contributed by atoms with Gasteiger partial charge in [-0.3, -0.25) is 0 Å². The summed E-state index contributed by atoms with van der Waals surface area (Å²) in [4.78, 5) is 0. The molecule has 120 valence electrons. The lowest BCUT2D eigenvalue weighted by molar-refractivity contribution is 0.331. The molecule has 3 unspecified atom stereocenters. The number of hydrogen-bond donors (Lipinski definition) is 1. The molecule has 0 aromatic heterocycles. The van der Waals surface area contributed by atoms with Crippen molar-refractivity contribution in [3.8, 4) is 0 Å². The second-order valence-corrected chi connectivity index (χ2v) is 8.56. The third-order valence-electron chi connectivity index (χ3n) is 4.67. The highest BCUT2D eigenvalue weighted by molar-refractivity contribution is 7.92. The van der Waals surface area contributed by atoms with E-state index in [4.69, 9.17) is 0 Å². The molecule has 0 spiro atoms. The van der Waals surface area contributed by atoms with Crippen LogP contribution in [0.3, 0.4) is 0 Å². The molecular formula is C16H33NO2S. The van der Waals surface area contributed by atoms with Gasteiger partial charge in [0.15, 0.2) is 9.84 Å². The standard InChI is InChI=1S/C16H33NO2S/c1-4-7-10-14(5-2)13-15(17-6-3)16-11-8-9-12-20(16,18)19/h14-17H,4-13H2,1-3H3. The van der Waals surface area contributed by atoms with Crippen LogP contribution in [0.4, 0.5) is 0 Å². The summed E-state index contributed by atoms with van der Waals surface area (Å²) in [6.07, 6.45) is 8.68. The summed E-state index contributed by atoms with van der Waals surface area (Å²) in [5, 5.41) is 3.32. The average Bonchev–Trinajstić information content (AvgIpc) is 2.42. The van der Waals surface area contributed by atoms with Gasteiger partial charge in [0.2, 0.25) is 0 Å². The molecule has 1 rings (SSSR count). The Bertz CT molecular complexity index is 353. The second-order valence-electron chi connectivity index (χ2n) is 6.22. The fourth-order valence-corrected chi connectivity index (χ4v) is 5.54. The van der Waals surface area contributed by atoms with Crippen molar-refractivity contribution < 1.29 is 8.42 Å². The molecule has 1 fully saturated rings. The first kappa shape index (κ1) is 18.0. The van der Waals surface area contributed by atoms with Crippen LogP contribution in [0.25, 0.3) is 0 Å². The zero-order chi connectivity index (χ0) is 15.0. The first-order valence-corrected chi connectivity index (χ1v) is 10.2. The number of rotatable bonds is 9. The van der Waals surface area contributed by atoms with Crippen molar-refractivity contribution in [3.05, 3.63) is 0 Å². The van der Waals surface area contributed by atoms with Crippen molar-refractivity contribution in [1.82, 2.24) is 5.32 Å². The van der Waals surface area contributed by atoms with Crippen molar-refractivity contribution in [2.24, 2.45) is 5.92 Å². The van der Waals surface area contributed by atoms with Crippen molar-refractivity contribution in [1.29, 1.82) is 0 Å². The largest absolute Gasteiger partial charge is 0.313 e. The third kappa shape index (κ3) is 5.36. The van der Waals surface area contributed by atoms with Crippen molar-refractivity contribution in [2.45, 2.75) is 83.4 Å². The highest BCUT2D eigenvalue weighted by Gasteiger charge is 2.35. The summed E-state index contributed by atoms with van der Waals surface area (Å²) in [7, 11) is -2.88. The minimum Gasteiger partial charge on any atom is -0.313 e. The van der Waals surface area contributed by atoms with E-state index in [2.05, 4.69) is 26.1 Å². The van der Waals surface area contributed by atoms with Crippen molar-refractivity contribution in [2.75, 3.05) is 12.3 Å². The minimum atomic E-state index is -2.88. The van der Waals surface area contributed by atoms with Gasteiger partial charge in [0.1, 0.15) is 0 Å². The lowest BCUT2D eigenvalue weighted by Crippen LogP contribution is -2.47. The van der Waals surface area contributed by atoms with E-state index in [1.165, 1.54) is 19.3 Å². The summed E-state index contributed by atoms with van der Waals surface area (Å²) in [5.74, 6) is 1.06. The number of nitrogens with one attached hydrogen (secondary N) is 1.